The molecule has 0 aliphatic carbocycles. The predicted molar refractivity (Wildman–Crippen MR) is 120 cm³/mol. The second-order valence-corrected chi connectivity index (χ2v) is 8.25. The maximum Gasteiger partial charge on any atom is 0.160 e. The number of nitrogens with one attached hydrogen (secondary N) is 1. The van der Waals surface area contributed by atoms with E-state index in [1.807, 2.05) is 44.2 Å². The Morgan fingerprint density at radius 2 is 2.12 bits per heavy atom. The zero-order valence-electron chi connectivity index (χ0n) is 18.8. The maximum absolute atomic E-state index is 9.93. The third-order valence-corrected chi connectivity index (χ3v) is 5.56. The van der Waals surface area contributed by atoms with E-state index in [9.17, 15) is 5.11 Å². The lowest BCUT2D eigenvalue weighted by Gasteiger charge is -2.13. The van der Waals surface area contributed by atoms with Gasteiger partial charge in [0.15, 0.2) is 5.82 Å². The second kappa shape index (κ2) is 10.2. The van der Waals surface area contributed by atoms with E-state index in [0.717, 1.165) is 60.0 Å². The normalized spacial score (nSPS) is 16.9. The first kappa shape index (κ1) is 22.4. The van der Waals surface area contributed by atoms with E-state index in [-0.39, 0.29) is 6.61 Å². The van der Waals surface area contributed by atoms with Gasteiger partial charge in [0.2, 0.25) is 0 Å². The number of hydrogen-bond donors (Lipinski definition) is 2. The monoisotopic (exact) mass is 438 g/mol. The van der Waals surface area contributed by atoms with Crippen LogP contribution in [0.25, 0.3) is 22.6 Å². The quantitative estimate of drug-likeness (QED) is 0.526. The molecule has 0 bridgehead atoms. The first-order chi connectivity index (χ1) is 15.5. The molecule has 32 heavy (non-hydrogen) atoms. The van der Waals surface area contributed by atoms with Crippen LogP contribution in [-0.4, -0.2) is 59.7 Å². The highest BCUT2D eigenvalue weighted by molar-refractivity contribution is 5.67. The summed E-state index contributed by atoms with van der Waals surface area (Å²) in [5.74, 6) is 2.48. The number of ether oxygens (including phenoxy) is 2. The van der Waals surface area contributed by atoms with Crippen molar-refractivity contribution >= 4 is 0 Å². The van der Waals surface area contributed by atoms with Gasteiger partial charge in [-0.2, -0.15) is 0 Å². The zero-order chi connectivity index (χ0) is 22.5. The van der Waals surface area contributed by atoms with Crippen molar-refractivity contribution < 1.29 is 19.1 Å². The van der Waals surface area contributed by atoms with Crippen LogP contribution in [0.2, 0.25) is 0 Å². The van der Waals surface area contributed by atoms with E-state index in [1.54, 1.807) is 7.05 Å². The lowest BCUT2D eigenvalue weighted by atomic mass is 10.0. The van der Waals surface area contributed by atoms with Gasteiger partial charge in [-0.15, -0.1) is 0 Å². The fourth-order valence-electron chi connectivity index (χ4n) is 3.96. The third kappa shape index (κ3) is 5.32. The van der Waals surface area contributed by atoms with Gasteiger partial charge in [-0.3, -0.25) is 0 Å². The highest BCUT2D eigenvalue weighted by Gasteiger charge is 2.20. The van der Waals surface area contributed by atoms with Crippen molar-refractivity contribution in [2.75, 3.05) is 33.4 Å². The van der Waals surface area contributed by atoms with Crippen molar-refractivity contribution in [2.24, 2.45) is 5.92 Å². The molecule has 0 amide bonds. The molecule has 1 saturated heterocycles. The Hall–Kier alpha value is -2.81. The van der Waals surface area contributed by atoms with Gasteiger partial charge in [0.25, 0.3) is 0 Å². The fourth-order valence-corrected chi connectivity index (χ4v) is 3.96. The Labute approximate surface area is 188 Å². The molecule has 8 nitrogen and oxygen atoms in total. The van der Waals surface area contributed by atoms with Gasteiger partial charge in [-0.25, -0.2) is 9.97 Å². The van der Waals surface area contributed by atoms with Crippen molar-refractivity contribution in [2.45, 2.75) is 32.8 Å². The van der Waals surface area contributed by atoms with E-state index in [0.29, 0.717) is 24.0 Å². The summed E-state index contributed by atoms with van der Waals surface area (Å²) in [4.78, 5) is 9.72. The van der Waals surface area contributed by atoms with Gasteiger partial charge < -0.3 is 24.4 Å². The van der Waals surface area contributed by atoms with E-state index < -0.39 is 6.10 Å². The van der Waals surface area contributed by atoms with E-state index in [2.05, 4.69) is 10.5 Å². The number of nitrogens with zero attached hydrogens (tertiary/aromatic N) is 3. The number of rotatable bonds is 9. The second-order valence-electron chi connectivity index (χ2n) is 8.25. The van der Waals surface area contributed by atoms with Crippen LogP contribution in [0.5, 0.6) is 5.75 Å². The minimum Gasteiger partial charge on any atom is -0.491 e. The van der Waals surface area contributed by atoms with E-state index in [4.69, 9.17) is 24.0 Å². The van der Waals surface area contributed by atoms with Gasteiger partial charge in [-0.05, 0) is 57.9 Å². The number of aromatic nitrogens is 3. The Morgan fingerprint density at radius 3 is 2.84 bits per heavy atom. The van der Waals surface area contributed by atoms with Crippen LogP contribution >= 0.6 is 0 Å². The lowest BCUT2D eigenvalue weighted by Crippen LogP contribution is -2.29. The van der Waals surface area contributed by atoms with Gasteiger partial charge in [0, 0.05) is 31.0 Å². The number of likely N-dealkylation sites (N-methyl/N-ethyl adjacent to an activating group) is 1. The summed E-state index contributed by atoms with van der Waals surface area (Å²) >= 11 is 0. The minimum absolute atomic E-state index is 0.206. The lowest BCUT2D eigenvalue weighted by molar-refractivity contribution is 0.108. The Bertz CT molecular complexity index is 1030. The minimum atomic E-state index is -0.581. The van der Waals surface area contributed by atoms with Gasteiger partial charge in [-0.1, -0.05) is 17.3 Å². The molecule has 1 aliphatic heterocycles. The number of benzene rings is 1. The summed E-state index contributed by atoms with van der Waals surface area (Å²) in [7, 11) is 1.79. The summed E-state index contributed by atoms with van der Waals surface area (Å²) < 4.78 is 16.7. The van der Waals surface area contributed by atoms with Gasteiger partial charge in [0.1, 0.15) is 24.2 Å². The third-order valence-electron chi connectivity index (χ3n) is 5.56. The van der Waals surface area contributed by atoms with Crippen molar-refractivity contribution in [1.29, 1.82) is 0 Å². The molecular weight excluding hydrogens is 408 g/mol. The highest BCUT2D eigenvalue weighted by Crippen LogP contribution is 2.30. The van der Waals surface area contributed by atoms with Gasteiger partial charge >= 0.3 is 0 Å². The highest BCUT2D eigenvalue weighted by atomic mass is 16.5. The molecule has 1 unspecified atom stereocenters. The van der Waals surface area contributed by atoms with E-state index >= 15 is 0 Å². The molecule has 0 spiro atoms. The largest absolute Gasteiger partial charge is 0.491 e. The zero-order valence-corrected chi connectivity index (χ0v) is 18.8. The molecule has 1 aromatic carbocycles. The summed E-state index contributed by atoms with van der Waals surface area (Å²) in [5, 5.41) is 17.0. The molecule has 0 radical (unpaired) electrons. The number of aryl methyl sites for hydroxylation is 2. The summed E-state index contributed by atoms with van der Waals surface area (Å²) in [5.41, 5.74) is 4.33. The Balaban J connectivity index is 1.66. The SMILES string of the molecule is CNCC(O)COc1cccc(-c2nc(C[C@@H]3CCOC3)cc(-c3c(C)noc3C)n2)c1. The standard InChI is InChI=1S/C24H30N4O4/c1-15-23(16(2)32-28-15)22-11-19(9-17-7-8-30-13-17)26-24(27-22)18-5-4-6-21(10-18)31-14-20(29)12-25-3/h4-6,10-11,17,20,25,29H,7-9,12-14H2,1-3H3/t17-,20?/m0/s1. The summed E-state index contributed by atoms with van der Waals surface area (Å²) in [6, 6.07) is 9.67. The first-order valence-electron chi connectivity index (χ1n) is 11.0. The van der Waals surface area contributed by atoms with Crippen LogP contribution in [-0.2, 0) is 11.2 Å². The average Bonchev–Trinajstić information content (AvgIpc) is 3.41. The smallest absolute Gasteiger partial charge is 0.160 e. The summed E-state index contributed by atoms with van der Waals surface area (Å²) in [6.45, 7) is 6.06. The molecule has 2 N–H and O–H groups in total. The first-order valence-corrected chi connectivity index (χ1v) is 11.0. The molecule has 170 valence electrons. The van der Waals surface area contributed by atoms with Crippen molar-refractivity contribution in [3.05, 3.63) is 47.5 Å². The van der Waals surface area contributed by atoms with Gasteiger partial charge in [0.05, 0.1) is 17.0 Å². The molecule has 8 heteroatoms. The summed E-state index contributed by atoms with van der Waals surface area (Å²) in [6.07, 6.45) is 1.29. The van der Waals surface area contributed by atoms with Crippen molar-refractivity contribution in [3.8, 4) is 28.4 Å². The van der Waals surface area contributed by atoms with Crippen molar-refractivity contribution in [1.82, 2.24) is 20.4 Å². The van der Waals surface area contributed by atoms with E-state index in [1.165, 1.54) is 0 Å². The van der Waals surface area contributed by atoms with Crippen molar-refractivity contribution in [3.63, 3.8) is 0 Å². The number of aliphatic hydroxyl groups is 1. The number of aliphatic hydroxyl groups excluding tert-OH is 1. The van der Waals surface area contributed by atoms with Crippen LogP contribution in [0.15, 0.2) is 34.9 Å². The number of hydrogen-bond acceptors (Lipinski definition) is 8. The Morgan fingerprint density at radius 1 is 1.25 bits per heavy atom. The Kier molecular flexibility index (Phi) is 7.14. The maximum atomic E-state index is 9.93. The molecule has 4 rings (SSSR count). The predicted octanol–water partition coefficient (Wildman–Crippen LogP) is 2.95. The van der Waals surface area contributed by atoms with Crippen LogP contribution in [0.3, 0.4) is 0 Å². The fraction of sp³-hybridized carbons (Fsp3) is 0.458. The van der Waals surface area contributed by atoms with Crippen LogP contribution in [0, 0.1) is 19.8 Å². The molecule has 1 fully saturated rings. The average molecular weight is 439 g/mol. The molecule has 2 atom stereocenters. The topological polar surface area (TPSA) is 103 Å². The molecule has 3 aromatic rings. The molecule has 1 aliphatic rings. The molecule has 2 aromatic heterocycles. The molecule has 0 saturated carbocycles. The van der Waals surface area contributed by atoms with Crippen LogP contribution in [0.1, 0.15) is 23.6 Å². The molecular formula is C24H30N4O4. The van der Waals surface area contributed by atoms with Crippen LogP contribution in [0.4, 0.5) is 0 Å². The molecule has 3 heterocycles. The van der Waals surface area contributed by atoms with Crippen LogP contribution < -0.4 is 10.1 Å².